The van der Waals surface area contributed by atoms with Crippen LogP contribution >= 0.6 is 27.5 Å². The van der Waals surface area contributed by atoms with E-state index in [1.54, 1.807) is 19.2 Å². The minimum Gasteiger partial charge on any atom is -0.495 e. The number of hydrogen-bond acceptors (Lipinski definition) is 5. The molecular formula is C23H21BrClNO5. The number of nitrogens with one attached hydrogen (secondary N) is 1. The predicted molar refractivity (Wildman–Crippen MR) is 124 cm³/mol. The van der Waals surface area contributed by atoms with Crippen LogP contribution in [0.15, 0.2) is 59.1 Å². The minimum absolute atomic E-state index is 0.158. The molecule has 0 saturated carbocycles. The van der Waals surface area contributed by atoms with E-state index >= 15 is 0 Å². The van der Waals surface area contributed by atoms with Crippen LogP contribution in [-0.4, -0.2) is 25.3 Å². The average molecular weight is 507 g/mol. The zero-order valence-electron chi connectivity index (χ0n) is 16.9. The van der Waals surface area contributed by atoms with Crippen LogP contribution in [0.25, 0.3) is 0 Å². The van der Waals surface area contributed by atoms with Crippen molar-refractivity contribution in [2.75, 3.05) is 19.5 Å². The van der Waals surface area contributed by atoms with Crippen molar-refractivity contribution in [1.29, 1.82) is 0 Å². The first-order valence-corrected chi connectivity index (χ1v) is 10.5. The van der Waals surface area contributed by atoms with Crippen LogP contribution in [0.1, 0.15) is 21.5 Å². The van der Waals surface area contributed by atoms with Gasteiger partial charge in [0, 0.05) is 21.6 Å². The first-order chi connectivity index (χ1) is 14.9. The fourth-order valence-electron chi connectivity index (χ4n) is 3.01. The molecule has 0 heterocycles. The van der Waals surface area contributed by atoms with E-state index in [9.17, 15) is 9.90 Å². The fraction of sp³-hybridized carbons (Fsp3) is 0.174. The third-order valence-corrected chi connectivity index (χ3v) is 5.54. The highest BCUT2D eigenvalue weighted by Gasteiger charge is 2.16. The maximum absolute atomic E-state index is 11.3. The zero-order valence-corrected chi connectivity index (χ0v) is 19.3. The molecule has 0 fully saturated rings. The van der Waals surface area contributed by atoms with Crippen molar-refractivity contribution in [2.45, 2.75) is 13.2 Å². The molecule has 3 aromatic rings. The quantitative estimate of drug-likeness (QED) is 0.370. The van der Waals surface area contributed by atoms with Crippen LogP contribution in [0.5, 0.6) is 17.2 Å². The molecule has 0 unspecified atom stereocenters. The van der Waals surface area contributed by atoms with Crippen LogP contribution in [-0.2, 0) is 13.2 Å². The summed E-state index contributed by atoms with van der Waals surface area (Å²) in [5, 5.41) is 13.2. The summed E-state index contributed by atoms with van der Waals surface area (Å²) < 4.78 is 17.8. The Balaban J connectivity index is 1.89. The van der Waals surface area contributed by atoms with Crippen molar-refractivity contribution in [2.24, 2.45) is 0 Å². The summed E-state index contributed by atoms with van der Waals surface area (Å²) in [6.07, 6.45) is 0. The number of anilines is 1. The van der Waals surface area contributed by atoms with Gasteiger partial charge in [-0.15, -0.1) is 0 Å². The molecule has 0 aliphatic rings. The molecule has 3 rings (SSSR count). The molecule has 6 nitrogen and oxygen atoms in total. The minimum atomic E-state index is -1.01. The van der Waals surface area contributed by atoms with E-state index in [0.29, 0.717) is 41.1 Å². The predicted octanol–water partition coefficient (Wildman–Crippen LogP) is 6.01. The van der Waals surface area contributed by atoms with Crippen molar-refractivity contribution in [3.8, 4) is 17.2 Å². The molecule has 0 amide bonds. The summed E-state index contributed by atoms with van der Waals surface area (Å²) >= 11 is 9.64. The Labute approximate surface area is 193 Å². The van der Waals surface area contributed by atoms with Crippen molar-refractivity contribution in [3.63, 3.8) is 0 Å². The second-order valence-corrected chi connectivity index (χ2v) is 7.84. The van der Waals surface area contributed by atoms with Crippen LogP contribution in [0, 0.1) is 0 Å². The van der Waals surface area contributed by atoms with Crippen molar-refractivity contribution < 1.29 is 24.1 Å². The number of rotatable bonds is 9. The normalized spacial score (nSPS) is 10.5. The van der Waals surface area contributed by atoms with Crippen LogP contribution < -0.4 is 19.5 Å². The number of ether oxygens (including phenoxy) is 3. The summed E-state index contributed by atoms with van der Waals surface area (Å²) in [6.45, 7) is 0.639. The van der Waals surface area contributed by atoms with Crippen LogP contribution in [0.2, 0.25) is 5.02 Å². The van der Waals surface area contributed by atoms with Gasteiger partial charge in [-0.2, -0.15) is 0 Å². The van der Waals surface area contributed by atoms with Gasteiger partial charge in [-0.1, -0.05) is 39.7 Å². The van der Waals surface area contributed by atoms with E-state index < -0.39 is 5.97 Å². The number of carbonyl (C=O) groups is 1. The second-order valence-electron chi connectivity index (χ2n) is 6.55. The maximum Gasteiger partial charge on any atom is 0.335 e. The third kappa shape index (κ3) is 5.62. The van der Waals surface area contributed by atoms with E-state index in [0.717, 1.165) is 15.6 Å². The van der Waals surface area contributed by atoms with Gasteiger partial charge in [-0.05, 0) is 48.0 Å². The van der Waals surface area contributed by atoms with Crippen LogP contribution in [0.3, 0.4) is 0 Å². The second kappa shape index (κ2) is 10.4. The van der Waals surface area contributed by atoms with Gasteiger partial charge in [-0.25, -0.2) is 4.79 Å². The molecule has 162 valence electrons. The van der Waals surface area contributed by atoms with Gasteiger partial charge in [0.25, 0.3) is 0 Å². The summed E-state index contributed by atoms with van der Waals surface area (Å²) in [5.41, 5.74) is 2.44. The Hall–Kier alpha value is -2.90. The SMILES string of the molecule is COc1ccc(C(=O)O)cc1NCc1c(Br)ccc(OC)c1OCc1cccc(Cl)c1. The Morgan fingerprint density at radius 3 is 2.48 bits per heavy atom. The van der Waals surface area contributed by atoms with Gasteiger partial charge in [0.1, 0.15) is 12.4 Å². The molecule has 0 aliphatic heterocycles. The molecule has 3 aromatic carbocycles. The Morgan fingerprint density at radius 2 is 1.81 bits per heavy atom. The van der Waals surface area contributed by atoms with E-state index in [1.807, 2.05) is 30.3 Å². The number of methoxy groups -OCH3 is 2. The van der Waals surface area contributed by atoms with Gasteiger partial charge < -0.3 is 24.6 Å². The maximum atomic E-state index is 11.3. The lowest BCUT2D eigenvalue weighted by Gasteiger charge is -2.18. The molecule has 2 N–H and O–H groups in total. The largest absolute Gasteiger partial charge is 0.495 e. The molecular weight excluding hydrogens is 486 g/mol. The summed E-state index contributed by atoms with van der Waals surface area (Å²) in [7, 11) is 3.11. The highest BCUT2D eigenvalue weighted by atomic mass is 79.9. The van der Waals surface area contributed by atoms with E-state index in [-0.39, 0.29) is 5.56 Å². The summed E-state index contributed by atoms with van der Waals surface area (Å²) in [4.78, 5) is 11.3. The molecule has 31 heavy (non-hydrogen) atoms. The number of hydrogen-bond donors (Lipinski definition) is 2. The lowest BCUT2D eigenvalue weighted by molar-refractivity contribution is 0.0697. The van der Waals surface area contributed by atoms with E-state index in [4.69, 9.17) is 25.8 Å². The van der Waals surface area contributed by atoms with Gasteiger partial charge in [0.15, 0.2) is 11.5 Å². The Kier molecular flexibility index (Phi) is 7.65. The first kappa shape index (κ1) is 22.8. The van der Waals surface area contributed by atoms with Crippen molar-refractivity contribution >= 4 is 39.2 Å². The average Bonchev–Trinajstić information content (AvgIpc) is 2.76. The molecule has 0 bridgehead atoms. The molecule has 0 spiro atoms. The Morgan fingerprint density at radius 1 is 1.06 bits per heavy atom. The number of carboxylic acid groups (broad SMARTS) is 1. The highest BCUT2D eigenvalue weighted by Crippen LogP contribution is 2.38. The number of benzene rings is 3. The van der Waals surface area contributed by atoms with Gasteiger partial charge >= 0.3 is 5.97 Å². The fourth-order valence-corrected chi connectivity index (χ4v) is 3.68. The molecule has 0 aromatic heterocycles. The lowest BCUT2D eigenvalue weighted by Crippen LogP contribution is -2.08. The van der Waals surface area contributed by atoms with Gasteiger partial charge in [0.2, 0.25) is 0 Å². The monoisotopic (exact) mass is 505 g/mol. The number of carboxylic acids is 1. The van der Waals surface area contributed by atoms with E-state index in [2.05, 4.69) is 21.2 Å². The van der Waals surface area contributed by atoms with Crippen LogP contribution in [0.4, 0.5) is 5.69 Å². The molecule has 0 aliphatic carbocycles. The topological polar surface area (TPSA) is 77.0 Å². The third-order valence-electron chi connectivity index (χ3n) is 4.56. The number of halogens is 2. The zero-order chi connectivity index (χ0) is 22.4. The summed E-state index contributed by atoms with van der Waals surface area (Å²) in [6, 6.07) is 15.8. The molecule has 8 heteroatoms. The lowest BCUT2D eigenvalue weighted by atomic mass is 10.1. The van der Waals surface area contributed by atoms with Gasteiger partial charge in [0.05, 0.1) is 25.5 Å². The standard InChI is InChI=1S/C23H21BrClNO5/c1-29-20-8-6-15(23(27)28)11-19(20)26-12-17-18(24)7-9-21(30-2)22(17)31-13-14-4-3-5-16(25)10-14/h3-11,26H,12-13H2,1-2H3,(H,27,28). The number of aromatic carboxylic acids is 1. The molecule has 0 radical (unpaired) electrons. The van der Waals surface area contributed by atoms with Crippen molar-refractivity contribution in [3.05, 3.63) is 80.8 Å². The highest BCUT2D eigenvalue weighted by molar-refractivity contribution is 9.10. The van der Waals surface area contributed by atoms with Crippen molar-refractivity contribution in [1.82, 2.24) is 0 Å². The van der Waals surface area contributed by atoms with Gasteiger partial charge in [-0.3, -0.25) is 0 Å². The van der Waals surface area contributed by atoms with E-state index in [1.165, 1.54) is 19.2 Å². The molecule has 0 atom stereocenters. The smallest absolute Gasteiger partial charge is 0.335 e. The Bertz CT molecular complexity index is 1090. The summed E-state index contributed by atoms with van der Waals surface area (Å²) in [5.74, 6) is 0.662. The molecule has 0 saturated heterocycles. The first-order valence-electron chi connectivity index (χ1n) is 9.30.